The summed E-state index contributed by atoms with van der Waals surface area (Å²) in [5.41, 5.74) is 0. The van der Waals surface area contributed by atoms with E-state index < -0.39 is 10.0 Å². The van der Waals surface area contributed by atoms with Crippen molar-refractivity contribution in [3.05, 3.63) is 17.2 Å². The van der Waals surface area contributed by atoms with Crippen molar-refractivity contribution >= 4 is 21.6 Å². The monoisotopic (exact) mass is 360 g/mol. The number of hydrogen-bond acceptors (Lipinski definition) is 5. The molecule has 0 spiro atoms. The quantitative estimate of drug-likeness (QED) is 0.885. The normalized spacial score (nSPS) is 19.7. The first kappa shape index (κ1) is 16.8. The van der Waals surface area contributed by atoms with Gasteiger partial charge in [0.15, 0.2) is 11.5 Å². The van der Waals surface area contributed by atoms with E-state index in [-0.39, 0.29) is 9.92 Å². The molecule has 6 nitrogen and oxygen atoms in total. The van der Waals surface area contributed by atoms with E-state index in [1.54, 1.807) is 0 Å². The third-order valence-corrected chi connectivity index (χ3v) is 6.64. The second-order valence-electron chi connectivity index (χ2n) is 5.83. The number of rotatable bonds is 4. The van der Waals surface area contributed by atoms with E-state index in [1.807, 2.05) is 7.05 Å². The zero-order valence-electron chi connectivity index (χ0n) is 13.0. The molecule has 0 bridgehead atoms. The van der Waals surface area contributed by atoms with Crippen LogP contribution < -0.4 is 14.8 Å². The summed E-state index contributed by atoms with van der Waals surface area (Å²) in [7, 11) is -1.70. The Hall–Kier alpha value is -1.02. The second-order valence-corrected chi connectivity index (χ2v) is 8.14. The van der Waals surface area contributed by atoms with Gasteiger partial charge in [-0.1, -0.05) is 11.6 Å². The number of ether oxygens (including phenoxy) is 2. The number of nitrogens with one attached hydrogen (secondary N) is 1. The van der Waals surface area contributed by atoms with Crippen LogP contribution in [0, 0.1) is 5.92 Å². The minimum Gasteiger partial charge on any atom is -0.486 e. The van der Waals surface area contributed by atoms with Crippen molar-refractivity contribution in [3.63, 3.8) is 0 Å². The molecular weight excluding hydrogens is 340 g/mol. The first-order valence-electron chi connectivity index (χ1n) is 7.76. The summed E-state index contributed by atoms with van der Waals surface area (Å²) in [5.74, 6) is 1.44. The third-order valence-electron chi connectivity index (χ3n) is 4.28. The van der Waals surface area contributed by atoms with Gasteiger partial charge in [0.1, 0.15) is 18.1 Å². The van der Waals surface area contributed by atoms with Crippen LogP contribution in [0.1, 0.15) is 12.8 Å². The third kappa shape index (κ3) is 3.42. The second kappa shape index (κ2) is 6.84. The van der Waals surface area contributed by atoms with Gasteiger partial charge < -0.3 is 14.8 Å². The molecule has 128 valence electrons. The first-order chi connectivity index (χ1) is 11.0. The Morgan fingerprint density at radius 1 is 1.22 bits per heavy atom. The number of piperidine rings is 1. The van der Waals surface area contributed by atoms with E-state index in [2.05, 4.69) is 5.32 Å². The van der Waals surface area contributed by atoms with Gasteiger partial charge in [0.25, 0.3) is 0 Å². The van der Waals surface area contributed by atoms with Crippen LogP contribution in [0.4, 0.5) is 0 Å². The maximum Gasteiger partial charge on any atom is 0.244 e. The molecule has 2 aliphatic rings. The van der Waals surface area contributed by atoms with Crippen molar-refractivity contribution in [2.75, 3.05) is 39.9 Å². The van der Waals surface area contributed by atoms with Crippen molar-refractivity contribution in [1.82, 2.24) is 9.62 Å². The fourth-order valence-corrected chi connectivity index (χ4v) is 5.00. The lowest BCUT2D eigenvalue weighted by Crippen LogP contribution is -2.40. The molecule has 0 radical (unpaired) electrons. The molecule has 0 saturated carbocycles. The van der Waals surface area contributed by atoms with E-state index in [0.29, 0.717) is 43.7 Å². The predicted molar refractivity (Wildman–Crippen MR) is 87.9 cm³/mol. The number of benzene rings is 1. The number of nitrogens with zero attached hydrogens (tertiary/aromatic N) is 1. The van der Waals surface area contributed by atoms with Gasteiger partial charge >= 0.3 is 0 Å². The summed E-state index contributed by atoms with van der Waals surface area (Å²) in [4.78, 5) is 0.0930. The number of fused-ring (bicyclic) bond motifs is 1. The molecule has 0 aromatic heterocycles. The van der Waals surface area contributed by atoms with Gasteiger partial charge in [0, 0.05) is 25.2 Å². The topological polar surface area (TPSA) is 67.9 Å². The minimum atomic E-state index is -3.62. The van der Waals surface area contributed by atoms with Crippen LogP contribution in [0.15, 0.2) is 17.0 Å². The Morgan fingerprint density at radius 3 is 2.43 bits per heavy atom. The van der Waals surface area contributed by atoms with Gasteiger partial charge in [-0.3, -0.25) is 0 Å². The van der Waals surface area contributed by atoms with Crippen molar-refractivity contribution in [1.29, 1.82) is 0 Å². The Bertz CT molecular complexity index is 672. The fourth-order valence-electron chi connectivity index (χ4n) is 3.02. The number of hydrogen-bond donors (Lipinski definition) is 1. The lowest BCUT2D eigenvalue weighted by Gasteiger charge is -2.31. The highest BCUT2D eigenvalue weighted by atomic mass is 35.5. The van der Waals surface area contributed by atoms with Gasteiger partial charge in [-0.15, -0.1) is 0 Å². The van der Waals surface area contributed by atoms with Crippen molar-refractivity contribution in [3.8, 4) is 11.5 Å². The summed E-state index contributed by atoms with van der Waals surface area (Å²) in [5, 5.41) is 3.32. The first-order valence-corrected chi connectivity index (χ1v) is 9.58. The molecule has 0 amide bonds. The molecule has 0 atom stereocenters. The van der Waals surface area contributed by atoms with E-state index >= 15 is 0 Å². The molecule has 1 N–H and O–H groups in total. The average Bonchev–Trinajstić information content (AvgIpc) is 2.55. The van der Waals surface area contributed by atoms with E-state index in [1.165, 1.54) is 16.4 Å². The molecule has 1 saturated heterocycles. The van der Waals surface area contributed by atoms with E-state index in [0.717, 1.165) is 19.4 Å². The van der Waals surface area contributed by atoms with Gasteiger partial charge in [-0.25, -0.2) is 8.42 Å². The largest absolute Gasteiger partial charge is 0.486 e. The van der Waals surface area contributed by atoms with Gasteiger partial charge in [0.05, 0.1) is 5.02 Å². The van der Waals surface area contributed by atoms with E-state index in [4.69, 9.17) is 21.1 Å². The molecule has 0 unspecified atom stereocenters. The van der Waals surface area contributed by atoms with Crippen molar-refractivity contribution in [2.45, 2.75) is 17.7 Å². The zero-order valence-corrected chi connectivity index (χ0v) is 14.6. The maximum absolute atomic E-state index is 12.9. The molecule has 8 heteroatoms. The molecule has 0 aliphatic carbocycles. The molecule has 1 fully saturated rings. The van der Waals surface area contributed by atoms with Crippen LogP contribution in [0.25, 0.3) is 0 Å². The molecular formula is C15H21ClN2O4S. The molecule has 1 aromatic rings. The molecule has 3 rings (SSSR count). The smallest absolute Gasteiger partial charge is 0.244 e. The maximum atomic E-state index is 12.9. The lowest BCUT2D eigenvalue weighted by atomic mass is 9.98. The minimum absolute atomic E-state index is 0.0930. The van der Waals surface area contributed by atoms with Crippen LogP contribution in [0.3, 0.4) is 0 Å². The van der Waals surface area contributed by atoms with Crippen LogP contribution in [0.5, 0.6) is 11.5 Å². The molecule has 1 aromatic carbocycles. The zero-order chi connectivity index (χ0) is 16.4. The summed E-state index contributed by atoms with van der Waals surface area (Å²) in [6.45, 7) is 2.79. The average molecular weight is 361 g/mol. The van der Waals surface area contributed by atoms with Crippen molar-refractivity contribution < 1.29 is 17.9 Å². The highest BCUT2D eigenvalue weighted by molar-refractivity contribution is 7.89. The fraction of sp³-hybridized carbons (Fsp3) is 0.600. The van der Waals surface area contributed by atoms with Gasteiger partial charge in [-0.2, -0.15) is 4.31 Å². The Balaban J connectivity index is 1.83. The van der Waals surface area contributed by atoms with Crippen LogP contribution in [0.2, 0.25) is 5.02 Å². The molecule has 23 heavy (non-hydrogen) atoms. The van der Waals surface area contributed by atoms with E-state index in [9.17, 15) is 8.42 Å². The van der Waals surface area contributed by atoms with Crippen LogP contribution in [-0.2, 0) is 10.0 Å². The molecule has 2 heterocycles. The molecule has 2 aliphatic heterocycles. The number of halogens is 1. The van der Waals surface area contributed by atoms with Crippen LogP contribution in [-0.4, -0.2) is 52.6 Å². The van der Waals surface area contributed by atoms with Gasteiger partial charge in [-0.05, 0) is 32.4 Å². The predicted octanol–water partition coefficient (Wildman–Crippen LogP) is 1.73. The number of sulfonamides is 1. The van der Waals surface area contributed by atoms with Crippen LogP contribution >= 0.6 is 11.6 Å². The Labute approximate surface area is 141 Å². The highest BCUT2D eigenvalue weighted by Crippen LogP contribution is 2.38. The Kier molecular flexibility index (Phi) is 5.01. The summed E-state index contributed by atoms with van der Waals surface area (Å²) in [6.07, 6.45) is 1.70. The lowest BCUT2D eigenvalue weighted by molar-refractivity contribution is 0.171. The highest BCUT2D eigenvalue weighted by Gasteiger charge is 2.32. The SMILES string of the molecule is CNCC1CCN(S(=O)(=O)c2cc3c(cc2Cl)OCCO3)CC1. The Morgan fingerprint density at radius 2 is 1.83 bits per heavy atom. The van der Waals surface area contributed by atoms with Gasteiger partial charge in [0.2, 0.25) is 10.0 Å². The standard InChI is InChI=1S/C15H21ClN2O4S/c1-17-10-11-2-4-18(5-3-11)23(19,20)15-9-14-13(8-12(15)16)21-6-7-22-14/h8-9,11,17H,2-7,10H2,1H3. The summed E-state index contributed by atoms with van der Waals surface area (Å²) < 4.78 is 38.2. The summed E-state index contributed by atoms with van der Waals surface area (Å²) >= 11 is 6.19. The van der Waals surface area contributed by atoms with Crippen molar-refractivity contribution in [2.24, 2.45) is 5.92 Å². The summed E-state index contributed by atoms with van der Waals surface area (Å²) in [6, 6.07) is 3.00.